The van der Waals surface area contributed by atoms with E-state index >= 15 is 0 Å². The number of pyridine rings is 1. The molecule has 0 amide bonds. The molecule has 0 aliphatic carbocycles. The monoisotopic (exact) mass is 336 g/mol. The van der Waals surface area contributed by atoms with Gasteiger partial charge in [-0.2, -0.15) is 5.10 Å². The summed E-state index contributed by atoms with van der Waals surface area (Å²) in [4.78, 5) is 15.1. The van der Waals surface area contributed by atoms with Crippen molar-refractivity contribution in [3.8, 4) is 5.75 Å². The van der Waals surface area contributed by atoms with Crippen LogP contribution >= 0.6 is 0 Å². The number of aromatic nitrogens is 1. The van der Waals surface area contributed by atoms with E-state index in [0.29, 0.717) is 5.56 Å². The van der Waals surface area contributed by atoms with E-state index in [1.807, 2.05) is 31.2 Å². The molecular formula is C18H16N4O3. The van der Waals surface area contributed by atoms with Crippen LogP contribution in [0.15, 0.2) is 53.6 Å². The predicted molar refractivity (Wildman–Crippen MR) is 97.3 cm³/mol. The molecule has 0 radical (unpaired) electrons. The summed E-state index contributed by atoms with van der Waals surface area (Å²) in [6.07, 6.45) is 1.43. The zero-order chi connectivity index (χ0) is 17.8. The van der Waals surface area contributed by atoms with Crippen LogP contribution in [0.5, 0.6) is 5.75 Å². The first-order chi connectivity index (χ1) is 12.1. The van der Waals surface area contributed by atoms with Gasteiger partial charge in [-0.15, -0.1) is 0 Å². The molecule has 3 rings (SSSR count). The number of hydrazone groups is 1. The molecule has 25 heavy (non-hydrogen) atoms. The molecule has 2 aromatic carbocycles. The quantitative estimate of drug-likeness (QED) is 0.433. The van der Waals surface area contributed by atoms with Crippen molar-refractivity contribution in [2.24, 2.45) is 5.10 Å². The van der Waals surface area contributed by atoms with Gasteiger partial charge in [0.25, 0.3) is 5.69 Å². The van der Waals surface area contributed by atoms with Crippen LogP contribution in [-0.4, -0.2) is 23.2 Å². The molecule has 0 saturated carbocycles. The summed E-state index contributed by atoms with van der Waals surface area (Å²) in [5.74, 6) is 0.722. The fraction of sp³-hybridized carbons (Fsp3) is 0.111. The van der Waals surface area contributed by atoms with Gasteiger partial charge in [0, 0.05) is 23.2 Å². The lowest BCUT2D eigenvalue weighted by Crippen LogP contribution is -1.97. The average Bonchev–Trinajstić information content (AvgIpc) is 2.61. The summed E-state index contributed by atoms with van der Waals surface area (Å²) in [7, 11) is 1.60. The van der Waals surface area contributed by atoms with E-state index in [0.717, 1.165) is 28.0 Å². The number of rotatable bonds is 5. The van der Waals surface area contributed by atoms with Crippen molar-refractivity contribution in [2.75, 3.05) is 12.5 Å². The van der Waals surface area contributed by atoms with E-state index in [1.165, 1.54) is 12.3 Å². The molecule has 0 spiro atoms. The Bertz CT molecular complexity index is 970. The molecule has 1 N–H and O–H groups in total. The number of nitro benzene ring substituents is 1. The van der Waals surface area contributed by atoms with Crippen molar-refractivity contribution in [3.05, 3.63) is 69.9 Å². The highest BCUT2D eigenvalue weighted by Gasteiger charge is 2.10. The number of para-hydroxylation sites is 1. The lowest BCUT2D eigenvalue weighted by atomic mass is 10.1. The van der Waals surface area contributed by atoms with Crippen molar-refractivity contribution in [2.45, 2.75) is 6.92 Å². The zero-order valence-electron chi connectivity index (χ0n) is 13.8. The maximum atomic E-state index is 11.0. The van der Waals surface area contributed by atoms with Crippen molar-refractivity contribution in [1.82, 2.24) is 4.98 Å². The molecule has 3 aromatic rings. The number of nitro groups is 1. The van der Waals surface area contributed by atoms with Crippen LogP contribution in [0.4, 0.5) is 11.4 Å². The first-order valence-electron chi connectivity index (χ1n) is 7.56. The van der Waals surface area contributed by atoms with Crippen LogP contribution in [0.3, 0.4) is 0 Å². The third-order valence-corrected chi connectivity index (χ3v) is 3.67. The number of ether oxygens (including phenoxy) is 1. The number of benzene rings is 2. The van der Waals surface area contributed by atoms with E-state index < -0.39 is 4.92 Å². The third kappa shape index (κ3) is 3.55. The molecule has 1 aromatic heterocycles. The predicted octanol–water partition coefficient (Wildman–Crippen LogP) is 3.91. The van der Waals surface area contributed by atoms with Gasteiger partial charge in [-0.1, -0.05) is 12.1 Å². The molecule has 1 heterocycles. The Morgan fingerprint density at radius 2 is 2.04 bits per heavy atom. The summed E-state index contributed by atoms with van der Waals surface area (Å²) in [6.45, 7) is 1.88. The van der Waals surface area contributed by atoms with Gasteiger partial charge in [-0.3, -0.25) is 20.5 Å². The second kappa shape index (κ2) is 6.96. The number of anilines is 1. The van der Waals surface area contributed by atoms with Gasteiger partial charge in [0.15, 0.2) is 0 Å². The van der Waals surface area contributed by atoms with Crippen LogP contribution in [0.25, 0.3) is 10.9 Å². The number of hydrogen-bond donors (Lipinski definition) is 1. The molecular weight excluding hydrogens is 320 g/mol. The van der Waals surface area contributed by atoms with Gasteiger partial charge >= 0.3 is 0 Å². The standard InChI is InChI=1S/C18H16N4O3/c1-12-9-17(15-8-7-14(25-2)10-16(15)20-12)21-19-11-13-5-3-4-6-18(13)22(23)24/h3-11H,1-2H3,(H,20,21)/b19-11+. The van der Waals surface area contributed by atoms with E-state index in [4.69, 9.17) is 4.74 Å². The molecule has 126 valence electrons. The highest BCUT2D eigenvalue weighted by Crippen LogP contribution is 2.26. The maximum absolute atomic E-state index is 11.0. The minimum absolute atomic E-state index is 0.00792. The molecule has 0 unspecified atom stereocenters. The number of fused-ring (bicyclic) bond motifs is 1. The van der Waals surface area contributed by atoms with Crippen LogP contribution < -0.4 is 10.2 Å². The first-order valence-corrected chi connectivity index (χ1v) is 7.56. The maximum Gasteiger partial charge on any atom is 0.278 e. The largest absolute Gasteiger partial charge is 0.497 e. The molecule has 0 bridgehead atoms. The first kappa shape index (κ1) is 16.4. The molecule has 7 nitrogen and oxygen atoms in total. The zero-order valence-corrected chi connectivity index (χ0v) is 13.8. The fourth-order valence-corrected chi connectivity index (χ4v) is 2.49. The molecule has 0 aliphatic rings. The molecule has 0 fully saturated rings. The molecule has 0 saturated heterocycles. The Hall–Kier alpha value is -3.48. The third-order valence-electron chi connectivity index (χ3n) is 3.67. The van der Waals surface area contributed by atoms with Crippen LogP contribution in [0.2, 0.25) is 0 Å². The van der Waals surface area contributed by atoms with E-state index in [2.05, 4.69) is 15.5 Å². The number of aryl methyl sites for hydroxylation is 1. The summed E-state index contributed by atoms with van der Waals surface area (Å²) in [6, 6.07) is 13.9. The van der Waals surface area contributed by atoms with E-state index in [-0.39, 0.29) is 5.69 Å². The van der Waals surface area contributed by atoms with Crippen LogP contribution in [0, 0.1) is 17.0 Å². The Kier molecular flexibility index (Phi) is 4.56. The Morgan fingerprint density at radius 3 is 2.80 bits per heavy atom. The summed E-state index contributed by atoms with van der Waals surface area (Å²) < 4.78 is 5.22. The minimum Gasteiger partial charge on any atom is -0.497 e. The van der Waals surface area contributed by atoms with E-state index in [9.17, 15) is 10.1 Å². The number of nitrogens with one attached hydrogen (secondary N) is 1. The van der Waals surface area contributed by atoms with Gasteiger partial charge in [-0.25, -0.2) is 0 Å². The Balaban J connectivity index is 1.92. The topological polar surface area (TPSA) is 89.6 Å². The minimum atomic E-state index is -0.431. The van der Waals surface area contributed by atoms with Crippen molar-refractivity contribution in [3.63, 3.8) is 0 Å². The van der Waals surface area contributed by atoms with Gasteiger partial charge in [-0.05, 0) is 31.2 Å². The SMILES string of the molecule is COc1ccc2c(N/N=C/c3ccccc3[N+](=O)[O-])cc(C)nc2c1. The Labute approximate surface area is 144 Å². The summed E-state index contributed by atoms with van der Waals surface area (Å²) in [5, 5.41) is 16.1. The normalized spacial score (nSPS) is 11.0. The number of hydrogen-bond acceptors (Lipinski definition) is 6. The molecule has 0 aliphatic heterocycles. The van der Waals surface area contributed by atoms with Crippen LogP contribution in [0.1, 0.15) is 11.3 Å². The fourth-order valence-electron chi connectivity index (χ4n) is 2.49. The van der Waals surface area contributed by atoms with Crippen molar-refractivity contribution >= 4 is 28.5 Å². The van der Waals surface area contributed by atoms with Gasteiger partial charge in [0.1, 0.15) is 5.75 Å². The van der Waals surface area contributed by atoms with Gasteiger partial charge in [0.2, 0.25) is 0 Å². The highest BCUT2D eigenvalue weighted by atomic mass is 16.6. The number of nitrogens with zero attached hydrogens (tertiary/aromatic N) is 3. The number of methoxy groups -OCH3 is 1. The Morgan fingerprint density at radius 1 is 1.24 bits per heavy atom. The van der Waals surface area contributed by atoms with E-state index in [1.54, 1.807) is 25.3 Å². The lowest BCUT2D eigenvalue weighted by molar-refractivity contribution is -0.385. The van der Waals surface area contributed by atoms with Crippen molar-refractivity contribution < 1.29 is 9.66 Å². The average molecular weight is 336 g/mol. The smallest absolute Gasteiger partial charge is 0.278 e. The molecule has 7 heteroatoms. The van der Waals surface area contributed by atoms with Crippen molar-refractivity contribution in [1.29, 1.82) is 0 Å². The summed E-state index contributed by atoms with van der Waals surface area (Å²) in [5.41, 5.74) is 5.75. The second-order valence-corrected chi connectivity index (χ2v) is 5.38. The second-order valence-electron chi connectivity index (χ2n) is 5.38. The highest BCUT2D eigenvalue weighted by molar-refractivity contribution is 5.93. The van der Waals surface area contributed by atoms with Gasteiger partial charge < -0.3 is 4.74 Å². The lowest BCUT2D eigenvalue weighted by Gasteiger charge is -2.08. The molecule has 0 atom stereocenters. The summed E-state index contributed by atoms with van der Waals surface area (Å²) >= 11 is 0. The van der Waals surface area contributed by atoms with Gasteiger partial charge in [0.05, 0.1) is 35.0 Å². The van der Waals surface area contributed by atoms with Crippen LogP contribution in [-0.2, 0) is 0 Å².